The Hall–Kier alpha value is -0.710. The van der Waals surface area contributed by atoms with E-state index in [-0.39, 0.29) is 17.2 Å². The molecule has 0 aromatic rings. The molecule has 0 spiro atoms. The number of carbonyl (C=O) groups is 2. The van der Waals surface area contributed by atoms with Crippen molar-refractivity contribution in [2.75, 3.05) is 5.75 Å². The van der Waals surface area contributed by atoms with E-state index in [1.807, 2.05) is 0 Å². The van der Waals surface area contributed by atoms with Crippen molar-refractivity contribution in [1.82, 2.24) is 4.90 Å². The van der Waals surface area contributed by atoms with Crippen LogP contribution in [-0.4, -0.2) is 39.1 Å². The highest BCUT2D eigenvalue weighted by Gasteiger charge is 2.44. The smallest absolute Gasteiger partial charge is 0.327 e. The molecule has 4 nitrogen and oxygen atoms in total. The van der Waals surface area contributed by atoms with E-state index in [1.165, 1.54) is 0 Å². The van der Waals surface area contributed by atoms with Gasteiger partial charge in [0.05, 0.1) is 5.37 Å². The first-order valence-electron chi connectivity index (χ1n) is 7.22. The van der Waals surface area contributed by atoms with E-state index in [0.717, 1.165) is 32.1 Å². The molecule has 2 rings (SSSR count). The fourth-order valence-electron chi connectivity index (χ4n) is 3.22. The highest BCUT2D eigenvalue weighted by atomic mass is 32.2. The van der Waals surface area contributed by atoms with Crippen molar-refractivity contribution >= 4 is 23.6 Å². The van der Waals surface area contributed by atoms with Crippen LogP contribution in [0.4, 0.5) is 0 Å². The maximum atomic E-state index is 12.7. The molecule has 4 unspecified atom stereocenters. The lowest BCUT2D eigenvalue weighted by molar-refractivity contribution is -0.151. The molecule has 0 aromatic heterocycles. The van der Waals surface area contributed by atoms with Crippen molar-refractivity contribution in [3.63, 3.8) is 0 Å². The molecule has 1 N–H and O–H groups in total. The van der Waals surface area contributed by atoms with E-state index in [1.54, 1.807) is 16.7 Å². The number of nitrogens with zero attached hydrogens (tertiary/aromatic N) is 1. The summed E-state index contributed by atoms with van der Waals surface area (Å²) in [5.74, 6) is 0.202. The number of aliphatic carboxylic acids is 1. The molecule has 1 amide bonds. The molecule has 2 aliphatic rings. The van der Waals surface area contributed by atoms with E-state index in [2.05, 4.69) is 13.8 Å². The Morgan fingerprint density at radius 2 is 2.11 bits per heavy atom. The van der Waals surface area contributed by atoms with Crippen LogP contribution in [0.3, 0.4) is 0 Å². The van der Waals surface area contributed by atoms with Crippen molar-refractivity contribution in [1.29, 1.82) is 0 Å². The Morgan fingerprint density at radius 1 is 1.37 bits per heavy atom. The number of hydrogen-bond donors (Lipinski definition) is 1. The molecule has 0 radical (unpaired) electrons. The third-order valence-corrected chi connectivity index (χ3v) is 5.70. The zero-order chi connectivity index (χ0) is 14.0. The zero-order valence-corrected chi connectivity index (χ0v) is 12.5. The first kappa shape index (κ1) is 14.7. The fourth-order valence-corrected chi connectivity index (χ4v) is 4.74. The molecule has 19 heavy (non-hydrogen) atoms. The van der Waals surface area contributed by atoms with Gasteiger partial charge < -0.3 is 10.0 Å². The van der Waals surface area contributed by atoms with Gasteiger partial charge in [-0.3, -0.25) is 4.79 Å². The van der Waals surface area contributed by atoms with Crippen LogP contribution in [-0.2, 0) is 9.59 Å². The van der Waals surface area contributed by atoms with E-state index in [9.17, 15) is 14.7 Å². The van der Waals surface area contributed by atoms with Gasteiger partial charge in [-0.25, -0.2) is 4.79 Å². The van der Waals surface area contributed by atoms with Crippen molar-refractivity contribution < 1.29 is 14.7 Å². The van der Waals surface area contributed by atoms with Crippen LogP contribution in [0, 0.1) is 11.8 Å². The minimum absolute atomic E-state index is 0.0416. The Bertz CT molecular complexity index is 361. The predicted octanol–water partition coefficient (Wildman–Crippen LogP) is 2.58. The van der Waals surface area contributed by atoms with Gasteiger partial charge in [-0.05, 0) is 25.2 Å². The summed E-state index contributed by atoms with van der Waals surface area (Å²) in [7, 11) is 0. The topological polar surface area (TPSA) is 57.6 Å². The van der Waals surface area contributed by atoms with Gasteiger partial charge in [0.1, 0.15) is 6.04 Å². The SMILES string of the molecule is CCCC1SCC(C(=O)O)N1C(=O)C1CCCC1C. The molecule has 1 aliphatic carbocycles. The standard InChI is InChI=1S/C14H23NO3S/c1-3-5-12-15(11(8-19-12)14(17)18)13(16)10-7-4-6-9(10)2/h9-12H,3-8H2,1-2H3,(H,17,18). The molecule has 108 valence electrons. The zero-order valence-electron chi connectivity index (χ0n) is 11.7. The highest BCUT2D eigenvalue weighted by molar-refractivity contribution is 8.00. The van der Waals surface area contributed by atoms with E-state index in [0.29, 0.717) is 11.7 Å². The van der Waals surface area contributed by atoms with Gasteiger partial charge in [0, 0.05) is 11.7 Å². The molecule has 1 heterocycles. The van der Waals surface area contributed by atoms with Gasteiger partial charge in [-0.2, -0.15) is 0 Å². The second kappa shape index (κ2) is 6.16. The molecule has 0 aromatic carbocycles. The summed E-state index contributed by atoms with van der Waals surface area (Å²) in [6.45, 7) is 4.19. The molecule has 1 saturated heterocycles. The van der Waals surface area contributed by atoms with Crippen LogP contribution in [0.15, 0.2) is 0 Å². The number of carboxylic acids is 1. The Morgan fingerprint density at radius 3 is 2.63 bits per heavy atom. The van der Waals surface area contributed by atoms with E-state index < -0.39 is 12.0 Å². The summed E-state index contributed by atoms with van der Waals surface area (Å²) in [6, 6.07) is -0.623. The lowest BCUT2D eigenvalue weighted by Crippen LogP contribution is -2.48. The van der Waals surface area contributed by atoms with Crippen LogP contribution in [0.5, 0.6) is 0 Å². The summed E-state index contributed by atoms with van der Waals surface area (Å²) >= 11 is 1.62. The van der Waals surface area contributed by atoms with Crippen LogP contribution < -0.4 is 0 Å². The highest BCUT2D eigenvalue weighted by Crippen LogP contribution is 2.38. The number of hydrogen-bond acceptors (Lipinski definition) is 3. The van der Waals surface area contributed by atoms with E-state index >= 15 is 0 Å². The molecule has 1 aliphatic heterocycles. The average Bonchev–Trinajstić information content (AvgIpc) is 2.95. The van der Waals surface area contributed by atoms with Gasteiger partial charge >= 0.3 is 5.97 Å². The lowest BCUT2D eigenvalue weighted by Gasteiger charge is -2.31. The average molecular weight is 285 g/mol. The maximum Gasteiger partial charge on any atom is 0.327 e. The van der Waals surface area contributed by atoms with Crippen LogP contribution in [0.2, 0.25) is 0 Å². The van der Waals surface area contributed by atoms with E-state index in [4.69, 9.17) is 0 Å². The van der Waals surface area contributed by atoms with Crippen LogP contribution in [0.1, 0.15) is 46.0 Å². The van der Waals surface area contributed by atoms with Crippen molar-refractivity contribution in [2.24, 2.45) is 11.8 Å². The minimum Gasteiger partial charge on any atom is -0.480 e. The third-order valence-electron chi connectivity index (χ3n) is 4.35. The molecule has 5 heteroatoms. The third kappa shape index (κ3) is 2.91. The van der Waals surface area contributed by atoms with Crippen molar-refractivity contribution in [3.8, 4) is 0 Å². The number of rotatable bonds is 4. The summed E-state index contributed by atoms with van der Waals surface area (Å²) in [6.07, 6.45) is 4.98. The van der Waals surface area contributed by atoms with Gasteiger partial charge in [0.2, 0.25) is 5.91 Å². The fraction of sp³-hybridized carbons (Fsp3) is 0.857. The Kier molecular flexibility index (Phi) is 4.76. The predicted molar refractivity (Wildman–Crippen MR) is 75.9 cm³/mol. The normalized spacial score (nSPS) is 34.7. The quantitative estimate of drug-likeness (QED) is 0.862. The minimum atomic E-state index is -0.856. The molecular formula is C14H23NO3S. The van der Waals surface area contributed by atoms with Crippen molar-refractivity contribution in [3.05, 3.63) is 0 Å². The van der Waals surface area contributed by atoms with Crippen LogP contribution in [0.25, 0.3) is 0 Å². The Labute approximate surface area is 118 Å². The molecule has 2 fully saturated rings. The first-order chi connectivity index (χ1) is 9.06. The van der Waals surface area contributed by atoms with Gasteiger partial charge in [0.25, 0.3) is 0 Å². The Balaban J connectivity index is 2.15. The van der Waals surface area contributed by atoms with Crippen molar-refractivity contribution in [2.45, 2.75) is 57.4 Å². The number of carbonyl (C=O) groups excluding carboxylic acids is 1. The van der Waals surface area contributed by atoms with Crippen LogP contribution >= 0.6 is 11.8 Å². The monoisotopic (exact) mass is 285 g/mol. The second-order valence-corrected chi connectivity index (χ2v) is 6.90. The first-order valence-corrected chi connectivity index (χ1v) is 8.27. The molecule has 1 saturated carbocycles. The lowest BCUT2D eigenvalue weighted by atomic mass is 9.96. The summed E-state index contributed by atoms with van der Waals surface area (Å²) < 4.78 is 0. The summed E-state index contributed by atoms with van der Waals surface area (Å²) in [4.78, 5) is 25.7. The van der Waals surface area contributed by atoms with Gasteiger partial charge in [-0.1, -0.05) is 26.7 Å². The molecule has 0 bridgehead atoms. The molecule has 4 atom stereocenters. The number of carboxylic acid groups (broad SMARTS) is 1. The van der Waals surface area contributed by atoms with Gasteiger partial charge in [0.15, 0.2) is 0 Å². The largest absolute Gasteiger partial charge is 0.480 e. The molecular weight excluding hydrogens is 262 g/mol. The maximum absolute atomic E-state index is 12.7. The second-order valence-electron chi connectivity index (χ2n) is 5.69. The summed E-state index contributed by atoms with van der Waals surface area (Å²) in [5.41, 5.74) is 0. The van der Waals surface area contributed by atoms with Gasteiger partial charge in [-0.15, -0.1) is 11.8 Å². The number of thioether (sulfide) groups is 1. The summed E-state index contributed by atoms with van der Waals surface area (Å²) in [5, 5.41) is 9.38. The number of amides is 1.